The summed E-state index contributed by atoms with van der Waals surface area (Å²) in [5.74, 6) is 1.43. The number of hydrogen-bond donors (Lipinski definition) is 2. The normalized spacial score (nSPS) is 17.6. The van der Waals surface area contributed by atoms with E-state index in [2.05, 4.69) is 42.6 Å². The van der Waals surface area contributed by atoms with Crippen molar-refractivity contribution in [3.05, 3.63) is 96.1 Å². The van der Waals surface area contributed by atoms with Crippen molar-refractivity contribution in [3.63, 3.8) is 0 Å². The van der Waals surface area contributed by atoms with Gasteiger partial charge in [0.1, 0.15) is 18.1 Å². The first-order valence-corrected chi connectivity index (χ1v) is 11.4. The number of aliphatic hydroxyl groups is 1. The predicted molar refractivity (Wildman–Crippen MR) is 133 cm³/mol. The van der Waals surface area contributed by atoms with Crippen LogP contribution in [0.2, 0.25) is 0 Å². The number of ether oxygens (including phenoxy) is 1. The van der Waals surface area contributed by atoms with Gasteiger partial charge in [0.05, 0.1) is 29.8 Å². The molecule has 33 heavy (non-hydrogen) atoms. The van der Waals surface area contributed by atoms with Crippen LogP contribution in [-0.4, -0.2) is 35.7 Å². The van der Waals surface area contributed by atoms with E-state index >= 15 is 0 Å². The van der Waals surface area contributed by atoms with E-state index in [1.54, 1.807) is 0 Å². The van der Waals surface area contributed by atoms with E-state index in [9.17, 15) is 5.11 Å². The predicted octanol–water partition coefficient (Wildman–Crippen LogP) is 4.93. The second-order valence-electron chi connectivity index (χ2n) is 8.21. The minimum atomic E-state index is -0.276. The molecular weight excluding hydrogens is 410 g/mol. The zero-order valence-electron chi connectivity index (χ0n) is 18.7. The van der Waals surface area contributed by atoms with Gasteiger partial charge in [-0.15, -0.1) is 0 Å². The van der Waals surface area contributed by atoms with Crippen molar-refractivity contribution in [2.24, 2.45) is 4.99 Å². The Morgan fingerprint density at radius 1 is 0.939 bits per heavy atom. The van der Waals surface area contributed by atoms with Gasteiger partial charge in [0, 0.05) is 10.9 Å². The Morgan fingerprint density at radius 3 is 2.36 bits per heavy atom. The molecule has 0 spiro atoms. The number of rotatable bonds is 7. The number of fused-ring (bicyclic) bond motifs is 1. The quantitative estimate of drug-likeness (QED) is 0.430. The first kappa shape index (κ1) is 21.2. The third-order valence-corrected chi connectivity index (χ3v) is 6.26. The van der Waals surface area contributed by atoms with Crippen LogP contribution >= 0.6 is 0 Å². The topological polar surface area (TPSA) is 66.7 Å². The molecule has 0 saturated heterocycles. The molecular formula is C28H27N3O2. The Balaban J connectivity index is 1.70. The van der Waals surface area contributed by atoms with Crippen LogP contribution in [0.3, 0.4) is 0 Å². The number of amidine groups is 1. The number of nitrogens with one attached hydrogen (secondary N) is 1. The molecule has 0 amide bonds. The Hall–Kier alpha value is -3.70. The molecule has 0 bridgehead atoms. The average Bonchev–Trinajstić information content (AvgIpc) is 3.33. The van der Waals surface area contributed by atoms with Crippen LogP contribution in [0.1, 0.15) is 24.5 Å². The lowest BCUT2D eigenvalue weighted by atomic mass is 9.88. The molecule has 0 aliphatic carbocycles. The summed E-state index contributed by atoms with van der Waals surface area (Å²) in [4.78, 5) is 9.95. The fourth-order valence-corrected chi connectivity index (χ4v) is 4.50. The Bertz CT molecular complexity index is 1290. The number of pyridine rings is 1. The molecule has 1 aromatic heterocycles. The second-order valence-corrected chi connectivity index (χ2v) is 8.21. The highest BCUT2D eigenvalue weighted by molar-refractivity contribution is 6.13. The molecule has 2 heterocycles. The number of aliphatic imine (C=N–C) groups is 1. The number of nitrogens with zero attached hydrogens (tertiary/aromatic N) is 2. The maximum Gasteiger partial charge on any atom is 0.157 e. The van der Waals surface area contributed by atoms with Gasteiger partial charge in [0.2, 0.25) is 0 Å². The number of aromatic nitrogens is 1. The highest BCUT2D eigenvalue weighted by atomic mass is 16.5. The van der Waals surface area contributed by atoms with Crippen LogP contribution in [0.25, 0.3) is 22.2 Å². The van der Waals surface area contributed by atoms with Crippen LogP contribution in [0.5, 0.6) is 5.75 Å². The molecule has 0 fully saturated rings. The zero-order chi connectivity index (χ0) is 22.7. The summed E-state index contributed by atoms with van der Waals surface area (Å²) < 4.78 is 6.17. The van der Waals surface area contributed by atoms with Gasteiger partial charge in [-0.25, -0.2) is 4.98 Å². The van der Waals surface area contributed by atoms with E-state index in [0.717, 1.165) is 40.0 Å². The SMILES string of the molecule is CCC1(c2ccccc2)CN=C(c2c(OCCO)c(-c3ccccc3)nc3ccccc23)N1. The minimum absolute atomic E-state index is 0.0800. The summed E-state index contributed by atoms with van der Waals surface area (Å²) in [6.45, 7) is 2.92. The highest BCUT2D eigenvalue weighted by Gasteiger charge is 2.37. The van der Waals surface area contributed by atoms with Crippen LogP contribution < -0.4 is 10.1 Å². The molecule has 1 aliphatic heterocycles. The fourth-order valence-electron chi connectivity index (χ4n) is 4.50. The smallest absolute Gasteiger partial charge is 0.157 e. The molecule has 5 rings (SSSR count). The van der Waals surface area contributed by atoms with Crippen LogP contribution in [0.4, 0.5) is 0 Å². The summed E-state index contributed by atoms with van der Waals surface area (Å²) in [5, 5.41) is 14.3. The monoisotopic (exact) mass is 437 g/mol. The molecule has 1 atom stereocenters. The number of hydrogen-bond acceptors (Lipinski definition) is 5. The van der Waals surface area contributed by atoms with Crippen LogP contribution in [0.15, 0.2) is 89.9 Å². The summed E-state index contributed by atoms with van der Waals surface area (Å²) in [6.07, 6.45) is 0.894. The van der Waals surface area contributed by atoms with Gasteiger partial charge in [-0.1, -0.05) is 85.8 Å². The Morgan fingerprint density at radius 2 is 1.64 bits per heavy atom. The standard InChI is InChI=1S/C28H27N3O2/c1-2-28(21-13-7-4-8-14-21)19-29-27(31-28)24-22-15-9-10-16-23(22)30-25(26(24)33-18-17-32)20-11-5-3-6-12-20/h3-16,32H,2,17-19H2,1H3,(H,29,31). The van der Waals surface area contributed by atoms with Gasteiger partial charge >= 0.3 is 0 Å². The Kier molecular flexibility index (Phi) is 5.80. The molecule has 5 heteroatoms. The fraction of sp³-hybridized carbons (Fsp3) is 0.214. The highest BCUT2D eigenvalue weighted by Crippen LogP contribution is 2.39. The third-order valence-electron chi connectivity index (χ3n) is 6.26. The summed E-state index contributed by atoms with van der Waals surface area (Å²) >= 11 is 0. The maximum atomic E-state index is 9.54. The molecule has 1 unspecified atom stereocenters. The van der Waals surface area contributed by atoms with Crippen molar-refractivity contribution in [2.45, 2.75) is 18.9 Å². The van der Waals surface area contributed by atoms with E-state index in [-0.39, 0.29) is 18.8 Å². The lowest BCUT2D eigenvalue weighted by Gasteiger charge is -2.29. The van der Waals surface area contributed by atoms with Gasteiger partial charge < -0.3 is 15.2 Å². The molecule has 2 N–H and O–H groups in total. The van der Waals surface area contributed by atoms with Crippen molar-refractivity contribution in [2.75, 3.05) is 19.8 Å². The van der Waals surface area contributed by atoms with Gasteiger partial charge in [0.25, 0.3) is 0 Å². The molecule has 1 aliphatic rings. The van der Waals surface area contributed by atoms with Gasteiger partial charge in [-0.05, 0) is 18.1 Å². The minimum Gasteiger partial charge on any atom is -0.488 e. The maximum absolute atomic E-state index is 9.54. The first-order chi connectivity index (χ1) is 16.3. The molecule has 3 aromatic carbocycles. The van der Waals surface area contributed by atoms with E-state index in [1.807, 2.05) is 54.6 Å². The van der Waals surface area contributed by atoms with E-state index in [0.29, 0.717) is 12.3 Å². The molecule has 4 aromatic rings. The lowest BCUT2D eigenvalue weighted by Crippen LogP contribution is -2.42. The first-order valence-electron chi connectivity index (χ1n) is 11.4. The second kappa shape index (κ2) is 9.04. The van der Waals surface area contributed by atoms with Crippen molar-refractivity contribution >= 4 is 16.7 Å². The molecule has 0 saturated carbocycles. The van der Waals surface area contributed by atoms with E-state index in [4.69, 9.17) is 14.7 Å². The van der Waals surface area contributed by atoms with Crippen LogP contribution in [-0.2, 0) is 5.54 Å². The van der Waals surface area contributed by atoms with Gasteiger partial charge in [-0.3, -0.25) is 4.99 Å². The summed E-state index contributed by atoms with van der Waals surface area (Å²) in [6, 6.07) is 28.6. The summed E-state index contributed by atoms with van der Waals surface area (Å²) in [5.41, 5.74) is 4.41. The summed E-state index contributed by atoms with van der Waals surface area (Å²) in [7, 11) is 0. The number of para-hydroxylation sites is 1. The van der Waals surface area contributed by atoms with Crippen LogP contribution in [0, 0.1) is 0 Å². The molecule has 5 nitrogen and oxygen atoms in total. The lowest BCUT2D eigenvalue weighted by molar-refractivity contribution is 0.201. The number of aliphatic hydroxyl groups excluding tert-OH is 1. The van der Waals surface area contributed by atoms with Crippen molar-refractivity contribution in [1.29, 1.82) is 0 Å². The molecule has 0 radical (unpaired) electrons. The van der Waals surface area contributed by atoms with Crippen molar-refractivity contribution < 1.29 is 9.84 Å². The van der Waals surface area contributed by atoms with E-state index in [1.165, 1.54) is 5.56 Å². The Labute approximate surface area is 193 Å². The molecule has 166 valence electrons. The van der Waals surface area contributed by atoms with Gasteiger partial charge in [-0.2, -0.15) is 0 Å². The van der Waals surface area contributed by atoms with E-state index < -0.39 is 0 Å². The average molecular weight is 438 g/mol. The zero-order valence-corrected chi connectivity index (χ0v) is 18.7. The number of benzene rings is 3. The van der Waals surface area contributed by atoms with Crippen molar-refractivity contribution in [3.8, 4) is 17.0 Å². The largest absolute Gasteiger partial charge is 0.488 e. The van der Waals surface area contributed by atoms with Crippen molar-refractivity contribution in [1.82, 2.24) is 10.3 Å². The third kappa shape index (κ3) is 3.85. The van der Waals surface area contributed by atoms with Gasteiger partial charge in [0.15, 0.2) is 5.75 Å².